The topological polar surface area (TPSA) is 55.2 Å². The van der Waals surface area contributed by atoms with Crippen LogP contribution in [0.3, 0.4) is 0 Å². The molecule has 0 aliphatic heterocycles. The number of benzene rings is 2. The van der Waals surface area contributed by atoms with Crippen molar-refractivity contribution in [1.82, 2.24) is 0 Å². The van der Waals surface area contributed by atoms with Crippen LogP contribution >= 0.6 is 11.6 Å². The van der Waals surface area contributed by atoms with Crippen LogP contribution in [0, 0.1) is 17.0 Å². The third-order valence-corrected chi connectivity index (χ3v) is 3.54. The first kappa shape index (κ1) is 14.3. The molecule has 104 valence electrons. The number of hydrogen-bond acceptors (Lipinski definition) is 3. The summed E-state index contributed by atoms with van der Waals surface area (Å²) in [4.78, 5) is 10.4. The molecule has 0 heterocycles. The molecule has 1 unspecified atom stereocenters. The number of non-ortho nitro benzene ring substituents is 1. The van der Waals surface area contributed by atoms with E-state index in [1.54, 1.807) is 12.1 Å². The summed E-state index contributed by atoms with van der Waals surface area (Å²) in [7, 11) is 0. The van der Waals surface area contributed by atoms with Crippen molar-refractivity contribution in [2.24, 2.45) is 0 Å². The zero-order valence-corrected chi connectivity index (χ0v) is 12.0. The van der Waals surface area contributed by atoms with Crippen molar-refractivity contribution >= 4 is 23.0 Å². The van der Waals surface area contributed by atoms with E-state index in [1.165, 1.54) is 6.07 Å². The molecule has 1 atom stereocenters. The fraction of sp³-hybridized carbons (Fsp3) is 0.200. The Labute approximate surface area is 122 Å². The molecule has 0 saturated carbocycles. The number of halogens is 1. The summed E-state index contributed by atoms with van der Waals surface area (Å²) in [5, 5.41) is 14.8. The Bertz CT molecular complexity index is 644. The third kappa shape index (κ3) is 3.27. The van der Waals surface area contributed by atoms with E-state index in [4.69, 9.17) is 11.6 Å². The van der Waals surface area contributed by atoms with E-state index in [0.29, 0.717) is 5.02 Å². The lowest BCUT2D eigenvalue weighted by Crippen LogP contribution is -2.07. The minimum atomic E-state index is -0.390. The summed E-state index contributed by atoms with van der Waals surface area (Å²) in [6.45, 7) is 3.89. The van der Waals surface area contributed by atoms with E-state index in [1.807, 2.05) is 38.1 Å². The van der Waals surface area contributed by atoms with Crippen LogP contribution < -0.4 is 5.32 Å². The quantitative estimate of drug-likeness (QED) is 0.654. The normalized spacial score (nSPS) is 11.9. The number of rotatable bonds is 4. The van der Waals surface area contributed by atoms with Crippen LogP contribution in [0.1, 0.15) is 24.1 Å². The highest BCUT2D eigenvalue weighted by Crippen LogP contribution is 2.25. The Balaban J connectivity index is 2.19. The average Bonchev–Trinajstić information content (AvgIpc) is 2.43. The second kappa shape index (κ2) is 5.92. The van der Waals surface area contributed by atoms with Gasteiger partial charge in [-0.05, 0) is 37.1 Å². The molecule has 20 heavy (non-hydrogen) atoms. The molecule has 0 spiro atoms. The molecule has 2 rings (SSSR count). The van der Waals surface area contributed by atoms with Crippen molar-refractivity contribution in [3.05, 3.63) is 68.7 Å². The number of nitro benzene ring substituents is 1. The monoisotopic (exact) mass is 290 g/mol. The van der Waals surface area contributed by atoms with Crippen LogP contribution in [0.25, 0.3) is 0 Å². The average molecular weight is 291 g/mol. The maximum Gasteiger partial charge on any atom is 0.269 e. The first-order chi connectivity index (χ1) is 9.47. The standard InChI is InChI=1S/C15H15ClN2O2/c1-10-6-7-13(9-15(10)16)17-11(2)12-4-3-5-14(8-12)18(19)20/h3-9,11,17H,1-2H3. The zero-order chi connectivity index (χ0) is 14.7. The van der Waals surface area contributed by atoms with E-state index < -0.39 is 0 Å². The van der Waals surface area contributed by atoms with E-state index >= 15 is 0 Å². The summed E-state index contributed by atoms with van der Waals surface area (Å²) in [6.07, 6.45) is 0. The molecule has 2 aromatic rings. The van der Waals surface area contributed by atoms with Gasteiger partial charge in [0.25, 0.3) is 5.69 Å². The van der Waals surface area contributed by atoms with Crippen molar-refractivity contribution in [1.29, 1.82) is 0 Å². The van der Waals surface area contributed by atoms with Gasteiger partial charge < -0.3 is 5.32 Å². The number of nitrogens with one attached hydrogen (secondary N) is 1. The van der Waals surface area contributed by atoms with Gasteiger partial charge in [-0.3, -0.25) is 10.1 Å². The first-order valence-electron chi connectivity index (χ1n) is 6.24. The summed E-state index contributed by atoms with van der Waals surface area (Å²) in [5.74, 6) is 0. The van der Waals surface area contributed by atoms with Gasteiger partial charge in [-0.25, -0.2) is 0 Å². The molecule has 0 aliphatic rings. The molecule has 0 aromatic heterocycles. The second-order valence-corrected chi connectivity index (χ2v) is 5.09. The fourth-order valence-electron chi connectivity index (χ4n) is 1.92. The molecule has 2 aromatic carbocycles. The fourth-order valence-corrected chi connectivity index (χ4v) is 2.10. The summed E-state index contributed by atoms with van der Waals surface area (Å²) >= 11 is 6.08. The van der Waals surface area contributed by atoms with Gasteiger partial charge in [0.15, 0.2) is 0 Å². The molecular formula is C15H15ClN2O2. The molecular weight excluding hydrogens is 276 g/mol. The van der Waals surface area contributed by atoms with E-state index in [9.17, 15) is 10.1 Å². The van der Waals surface area contributed by atoms with Gasteiger partial charge in [0, 0.05) is 28.9 Å². The van der Waals surface area contributed by atoms with Gasteiger partial charge in [-0.1, -0.05) is 29.8 Å². The molecule has 5 heteroatoms. The van der Waals surface area contributed by atoms with Crippen LogP contribution in [0.5, 0.6) is 0 Å². The highest BCUT2D eigenvalue weighted by atomic mass is 35.5. The van der Waals surface area contributed by atoms with Gasteiger partial charge in [0.1, 0.15) is 0 Å². The Morgan fingerprint density at radius 3 is 2.65 bits per heavy atom. The molecule has 0 saturated heterocycles. The van der Waals surface area contributed by atoms with Crippen molar-refractivity contribution in [3.8, 4) is 0 Å². The Kier molecular flexibility index (Phi) is 4.25. The zero-order valence-electron chi connectivity index (χ0n) is 11.3. The number of nitro groups is 1. The number of hydrogen-bond donors (Lipinski definition) is 1. The van der Waals surface area contributed by atoms with Gasteiger partial charge in [-0.15, -0.1) is 0 Å². The van der Waals surface area contributed by atoms with Crippen molar-refractivity contribution in [2.45, 2.75) is 19.9 Å². The van der Waals surface area contributed by atoms with Gasteiger partial charge in [-0.2, -0.15) is 0 Å². The van der Waals surface area contributed by atoms with Crippen LogP contribution in [0.2, 0.25) is 5.02 Å². The molecule has 0 amide bonds. The predicted octanol–water partition coefficient (Wildman–Crippen LogP) is 4.73. The van der Waals surface area contributed by atoms with Crippen molar-refractivity contribution < 1.29 is 4.92 Å². The number of anilines is 1. The van der Waals surface area contributed by atoms with E-state index in [2.05, 4.69) is 5.32 Å². The van der Waals surface area contributed by atoms with E-state index in [0.717, 1.165) is 16.8 Å². The summed E-state index contributed by atoms with van der Waals surface area (Å²) in [6, 6.07) is 12.3. The maximum atomic E-state index is 10.8. The maximum absolute atomic E-state index is 10.8. The first-order valence-corrected chi connectivity index (χ1v) is 6.62. The highest BCUT2D eigenvalue weighted by Gasteiger charge is 2.11. The largest absolute Gasteiger partial charge is 0.378 e. The summed E-state index contributed by atoms with van der Waals surface area (Å²) in [5.41, 5.74) is 2.86. The summed E-state index contributed by atoms with van der Waals surface area (Å²) < 4.78 is 0. The van der Waals surface area contributed by atoms with Crippen LogP contribution in [-0.4, -0.2) is 4.92 Å². The molecule has 0 radical (unpaired) electrons. The molecule has 0 bridgehead atoms. The minimum Gasteiger partial charge on any atom is -0.378 e. The SMILES string of the molecule is Cc1ccc(NC(C)c2cccc([N+](=O)[O-])c2)cc1Cl. The van der Waals surface area contributed by atoms with Crippen LogP contribution in [-0.2, 0) is 0 Å². The molecule has 0 fully saturated rings. The van der Waals surface area contributed by atoms with Crippen molar-refractivity contribution in [2.75, 3.05) is 5.32 Å². The molecule has 0 aliphatic carbocycles. The third-order valence-electron chi connectivity index (χ3n) is 3.14. The second-order valence-electron chi connectivity index (χ2n) is 4.68. The molecule has 4 nitrogen and oxygen atoms in total. The lowest BCUT2D eigenvalue weighted by atomic mass is 10.1. The number of aryl methyl sites for hydroxylation is 1. The number of nitrogens with zero attached hydrogens (tertiary/aromatic N) is 1. The van der Waals surface area contributed by atoms with Crippen molar-refractivity contribution in [3.63, 3.8) is 0 Å². The Morgan fingerprint density at radius 1 is 1.25 bits per heavy atom. The van der Waals surface area contributed by atoms with Crippen LogP contribution in [0.15, 0.2) is 42.5 Å². The van der Waals surface area contributed by atoms with E-state index in [-0.39, 0.29) is 16.7 Å². The van der Waals surface area contributed by atoms with Crippen LogP contribution in [0.4, 0.5) is 11.4 Å². The smallest absolute Gasteiger partial charge is 0.269 e. The lowest BCUT2D eigenvalue weighted by molar-refractivity contribution is -0.384. The highest BCUT2D eigenvalue weighted by molar-refractivity contribution is 6.31. The van der Waals surface area contributed by atoms with Gasteiger partial charge in [0.05, 0.1) is 4.92 Å². The predicted molar refractivity (Wildman–Crippen MR) is 81.3 cm³/mol. The van der Waals surface area contributed by atoms with Gasteiger partial charge >= 0.3 is 0 Å². The Morgan fingerprint density at radius 2 is 2.00 bits per heavy atom. The Hall–Kier alpha value is -2.07. The van der Waals surface area contributed by atoms with Gasteiger partial charge in [0.2, 0.25) is 0 Å². The molecule has 1 N–H and O–H groups in total. The lowest BCUT2D eigenvalue weighted by Gasteiger charge is -2.16. The minimum absolute atomic E-state index is 0.0475.